The van der Waals surface area contributed by atoms with Crippen molar-refractivity contribution in [2.45, 2.75) is 83.8 Å². The van der Waals surface area contributed by atoms with Crippen LogP contribution < -0.4 is 10.6 Å². The number of benzene rings is 2. The van der Waals surface area contributed by atoms with E-state index < -0.39 is 0 Å². The fourth-order valence-electron chi connectivity index (χ4n) is 5.50. The quantitative estimate of drug-likeness (QED) is 0.149. The van der Waals surface area contributed by atoms with Gasteiger partial charge < -0.3 is 20.3 Å². The standard InChI is InChI=1S/C36H51N3O/c1-8-9-17-28(4)29(5)37-34(24-32-18-12-10-13-19-32)26-40-31(7)38-35(25-33-20-14-11-15-21-33)30(6)39-23-16-22-36(39)27(2)3/h10-15,18-21,28,34-38H,2,5-9,16-17,22-26H2,1,3-4H3. The lowest BCUT2D eigenvalue weighted by Gasteiger charge is -2.35. The SMILES string of the molecule is C=C(NC(Cc1ccccc1)C(=C)N1CCCC1C(=C)C)OCC(Cc1ccccc1)NC(=C)C(C)CCCC. The lowest BCUT2D eigenvalue weighted by molar-refractivity contribution is 0.157. The van der Waals surface area contributed by atoms with Gasteiger partial charge in [-0.05, 0) is 62.7 Å². The molecule has 0 bridgehead atoms. The summed E-state index contributed by atoms with van der Waals surface area (Å²) >= 11 is 0. The molecule has 4 nitrogen and oxygen atoms in total. The first kappa shape index (κ1) is 31.1. The van der Waals surface area contributed by atoms with Crippen LogP contribution in [0.1, 0.15) is 64.0 Å². The molecule has 0 aromatic heterocycles. The van der Waals surface area contributed by atoms with Crippen molar-refractivity contribution in [1.82, 2.24) is 15.5 Å². The normalized spacial score (nSPS) is 17.0. The van der Waals surface area contributed by atoms with E-state index in [0.29, 0.717) is 24.4 Å². The molecule has 2 aromatic carbocycles. The van der Waals surface area contributed by atoms with Gasteiger partial charge >= 0.3 is 0 Å². The van der Waals surface area contributed by atoms with Crippen molar-refractivity contribution < 1.29 is 4.74 Å². The van der Waals surface area contributed by atoms with Gasteiger partial charge in [0.1, 0.15) is 6.61 Å². The zero-order valence-electron chi connectivity index (χ0n) is 25.1. The molecule has 1 heterocycles. The van der Waals surface area contributed by atoms with E-state index in [4.69, 9.17) is 4.74 Å². The minimum absolute atomic E-state index is 0.0283. The first-order valence-corrected chi connectivity index (χ1v) is 15.0. The molecule has 40 heavy (non-hydrogen) atoms. The van der Waals surface area contributed by atoms with Gasteiger partial charge in [-0.1, -0.05) is 113 Å². The first-order valence-electron chi connectivity index (χ1n) is 15.0. The molecule has 2 N–H and O–H groups in total. The lowest BCUT2D eigenvalue weighted by atomic mass is 9.99. The van der Waals surface area contributed by atoms with Gasteiger partial charge in [-0.2, -0.15) is 0 Å². The average Bonchev–Trinajstić information content (AvgIpc) is 3.45. The Hall–Kier alpha value is -3.40. The number of nitrogens with zero attached hydrogens (tertiary/aromatic N) is 1. The Balaban J connectivity index is 1.68. The van der Waals surface area contributed by atoms with E-state index >= 15 is 0 Å². The molecular formula is C36H51N3O. The highest BCUT2D eigenvalue weighted by molar-refractivity contribution is 5.23. The third-order valence-corrected chi connectivity index (χ3v) is 7.97. The Morgan fingerprint density at radius 2 is 1.57 bits per heavy atom. The van der Waals surface area contributed by atoms with Crippen molar-refractivity contribution in [3.05, 3.63) is 121 Å². The molecule has 1 aliphatic heterocycles. The van der Waals surface area contributed by atoms with E-state index in [9.17, 15) is 0 Å². The Morgan fingerprint density at radius 1 is 0.950 bits per heavy atom. The topological polar surface area (TPSA) is 36.5 Å². The van der Waals surface area contributed by atoms with Crippen LogP contribution in [0.25, 0.3) is 0 Å². The second kappa shape index (κ2) is 16.0. The highest BCUT2D eigenvalue weighted by Gasteiger charge is 2.30. The van der Waals surface area contributed by atoms with E-state index in [-0.39, 0.29) is 12.1 Å². The number of rotatable bonds is 18. The minimum atomic E-state index is -0.0283. The van der Waals surface area contributed by atoms with Crippen LogP contribution in [0.5, 0.6) is 0 Å². The molecule has 0 spiro atoms. The molecule has 216 valence electrons. The zero-order chi connectivity index (χ0) is 28.9. The summed E-state index contributed by atoms with van der Waals surface area (Å²) in [7, 11) is 0. The molecule has 0 amide bonds. The maximum Gasteiger partial charge on any atom is 0.179 e. The van der Waals surface area contributed by atoms with Gasteiger partial charge in [-0.25, -0.2) is 0 Å². The van der Waals surface area contributed by atoms with E-state index in [1.807, 2.05) is 0 Å². The number of ether oxygens (including phenoxy) is 1. The number of nitrogens with one attached hydrogen (secondary N) is 2. The van der Waals surface area contributed by atoms with E-state index in [1.165, 1.54) is 29.5 Å². The number of hydrogen-bond acceptors (Lipinski definition) is 4. The van der Waals surface area contributed by atoms with Gasteiger partial charge in [0.25, 0.3) is 0 Å². The molecule has 1 saturated heterocycles. The van der Waals surface area contributed by atoms with Gasteiger partial charge in [-0.15, -0.1) is 0 Å². The maximum absolute atomic E-state index is 6.31. The third kappa shape index (κ3) is 9.66. The Morgan fingerprint density at radius 3 is 2.17 bits per heavy atom. The Kier molecular flexibility index (Phi) is 12.5. The summed E-state index contributed by atoms with van der Waals surface area (Å²) in [5.41, 5.74) is 5.85. The van der Waals surface area contributed by atoms with Crippen LogP contribution in [-0.2, 0) is 17.6 Å². The first-order chi connectivity index (χ1) is 19.3. The highest BCUT2D eigenvalue weighted by atomic mass is 16.5. The second-order valence-electron chi connectivity index (χ2n) is 11.4. The van der Waals surface area contributed by atoms with E-state index in [0.717, 1.165) is 50.0 Å². The molecule has 4 unspecified atom stereocenters. The zero-order valence-corrected chi connectivity index (χ0v) is 25.1. The average molecular weight is 542 g/mol. The van der Waals surface area contributed by atoms with Crippen molar-refractivity contribution in [2.75, 3.05) is 13.2 Å². The largest absolute Gasteiger partial charge is 0.477 e. The molecule has 0 radical (unpaired) electrons. The maximum atomic E-state index is 6.31. The van der Waals surface area contributed by atoms with Crippen LogP contribution >= 0.6 is 0 Å². The van der Waals surface area contributed by atoms with Crippen LogP contribution in [0.15, 0.2) is 110 Å². The monoisotopic (exact) mass is 541 g/mol. The predicted molar refractivity (Wildman–Crippen MR) is 171 cm³/mol. The molecule has 2 aromatic rings. The van der Waals surface area contributed by atoms with Crippen LogP contribution in [0.2, 0.25) is 0 Å². The number of unbranched alkanes of at least 4 members (excludes halogenated alkanes) is 1. The van der Waals surface area contributed by atoms with Crippen LogP contribution in [0.4, 0.5) is 0 Å². The fourth-order valence-corrected chi connectivity index (χ4v) is 5.50. The van der Waals surface area contributed by atoms with E-state index in [2.05, 4.69) is 123 Å². The van der Waals surface area contributed by atoms with E-state index in [1.54, 1.807) is 0 Å². The number of likely N-dealkylation sites (tertiary alicyclic amines) is 1. The fraction of sp³-hybridized carbons (Fsp3) is 0.444. The smallest absolute Gasteiger partial charge is 0.179 e. The van der Waals surface area contributed by atoms with Crippen LogP contribution in [-0.4, -0.2) is 36.2 Å². The van der Waals surface area contributed by atoms with Crippen LogP contribution in [0.3, 0.4) is 0 Å². The summed E-state index contributed by atoms with van der Waals surface area (Å²) in [5, 5.41) is 7.27. The minimum Gasteiger partial charge on any atom is -0.477 e. The summed E-state index contributed by atoms with van der Waals surface area (Å²) < 4.78 is 6.31. The second-order valence-corrected chi connectivity index (χ2v) is 11.4. The number of allylic oxidation sites excluding steroid dienone is 1. The van der Waals surface area contributed by atoms with Crippen LogP contribution in [0, 0.1) is 5.92 Å². The summed E-state index contributed by atoms with van der Waals surface area (Å²) in [6, 6.07) is 21.5. The van der Waals surface area contributed by atoms with Gasteiger partial charge in [0.05, 0.1) is 12.1 Å². The molecule has 1 fully saturated rings. The summed E-state index contributed by atoms with van der Waals surface area (Å²) in [4.78, 5) is 2.41. The highest BCUT2D eigenvalue weighted by Crippen LogP contribution is 2.28. The van der Waals surface area contributed by atoms with Gasteiger partial charge in [-0.3, -0.25) is 0 Å². The van der Waals surface area contributed by atoms with Crippen molar-refractivity contribution >= 4 is 0 Å². The molecule has 0 saturated carbocycles. The lowest BCUT2D eigenvalue weighted by Crippen LogP contribution is -2.43. The number of hydrogen-bond donors (Lipinski definition) is 2. The Labute approximate surface area is 243 Å². The van der Waals surface area contributed by atoms with Gasteiger partial charge in [0.2, 0.25) is 0 Å². The molecular weight excluding hydrogens is 490 g/mol. The van der Waals surface area contributed by atoms with Gasteiger partial charge in [0, 0.05) is 24.0 Å². The molecule has 3 rings (SSSR count). The van der Waals surface area contributed by atoms with Crippen molar-refractivity contribution in [3.63, 3.8) is 0 Å². The third-order valence-electron chi connectivity index (χ3n) is 7.97. The summed E-state index contributed by atoms with van der Waals surface area (Å²) in [6.45, 7) is 25.5. The summed E-state index contributed by atoms with van der Waals surface area (Å²) in [6.07, 6.45) is 7.47. The summed E-state index contributed by atoms with van der Waals surface area (Å²) in [5.74, 6) is 0.984. The van der Waals surface area contributed by atoms with Gasteiger partial charge in [0.15, 0.2) is 5.88 Å². The predicted octanol–water partition coefficient (Wildman–Crippen LogP) is 7.77. The molecule has 4 atom stereocenters. The van der Waals surface area contributed by atoms with Crippen molar-refractivity contribution in [2.24, 2.45) is 5.92 Å². The molecule has 0 aliphatic carbocycles. The molecule has 4 heteroatoms. The van der Waals surface area contributed by atoms with Crippen molar-refractivity contribution in [3.8, 4) is 0 Å². The molecule has 1 aliphatic rings. The Bertz CT molecular complexity index is 1090. The van der Waals surface area contributed by atoms with Crippen molar-refractivity contribution in [1.29, 1.82) is 0 Å².